The summed E-state index contributed by atoms with van der Waals surface area (Å²) >= 11 is 0. The maximum atomic E-state index is 11.6. The molecule has 0 fully saturated rings. The van der Waals surface area contributed by atoms with Crippen LogP contribution in [-0.4, -0.2) is 39.9 Å². The summed E-state index contributed by atoms with van der Waals surface area (Å²) in [6.07, 6.45) is 0. The van der Waals surface area contributed by atoms with E-state index >= 15 is 0 Å². The number of para-hydroxylation sites is 1. The van der Waals surface area contributed by atoms with E-state index in [0.717, 1.165) is 11.3 Å². The van der Waals surface area contributed by atoms with Crippen molar-refractivity contribution < 1.29 is 14.3 Å². The molecule has 6 heteroatoms. The Morgan fingerprint density at radius 3 is 2.68 bits per heavy atom. The number of methoxy groups -OCH3 is 1. The number of nitrogens with one attached hydrogen (secondary N) is 2. The Bertz CT molecular complexity index is 375. The summed E-state index contributed by atoms with van der Waals surface area (Å²) in [4.78, 5) is 11.6. The lowest BCUT2D eigenvalue weighted by atomic mass is 10.2. The summed E-state index contributed by atoms with van der Waals surface area (Å²) in [5.74, 6) is -0.158. The van der Waals surface area contributed by atoms with Crippen LogP contribution < -0.4 is 10.6 Å². The van der Waals surface area contributed by atoms with Crippen molar-refractivity contribution in [3.63, 3.8) is 0 Å². The van der Waals surface area contributed by atoms with Crippen molar-refractivity contribution in [2.45, 2.75) is 6.54 Å². The van der Waals surface area contributed by atoms with E-state index in [4.69, 9.17) is 9.47 Å². The molecular weight excluding hydrogens is 268 g/mol. The summed E-state index contributed by atoms with van der Waals surface area (Å²) in [7, 11) is 3.46. The van der Waals surface area contributed by atoms with E-state index in [1.165, 1.54) is 0 Å². The topological polar surface area (TPSA) is 59.6 Å². The van der Waals surface area contributed by atoms with Crippen molar-refractivity contribution in [3.05, 3.63) is 29.8 Å². The van der Waals surface area contributed by atoms with Gasteiger partial charge in [0.1, 0.15) is 6.61 Å². The third-order valence-electron chi connectivity index (χ3n) is 2.32. The molecule has 1 aromatic rings. The molecule has 19 heavy (non-hydrogen) atoms. The molecule has 0 radical (unpaired) electrons. The molecule has 0 saturated carbocycles. The summed E-state index contributed by atoms with van der Waals surface area (Å²) < 4.78 is 9.98. The van der Waals surface area contributed by atoms with E-state index in [9.17, 15) is 4.79 Å². The molecular formula is C13H21ClN2O3. The third kappa shape index (κ3) is 7.12. The predicted molar refractivity (Wildman–Crippen MR) is 77.8 cm³/mol. The van der Waals surface area contributed by atoms with Gasteiger partial charge >= 0.3 is 0 Å². The van der Waals surface area contributed by atoms with E-state index in [1.54, 1.807) is 7.11 Å². The van der Waals surface area contributed by atoms with E-state index in [1.807, 2.05) is 31.3 Å². The Kier molecular flexibility index (Phi) is 10.1. The van der Waals surface area contributed by atoms with E-state index < -0.39 is 0 Å². The molecule has 0 heterocycles. The average molecular weight is 289 g/mol. The molecule has 0 spiro atoms. The SMILES string of the molecule is CNCc1ccccc1NC(=O)COCCOC.Cl. The minimum absolute atomic E-state index is 0. The molecule has 0 saturated heterocycles. The Hall–Kier alpha value is -1.14. The summed E-state index contributed by atoms with van der Waals surface area (Å²) in [6, 6.07) is 7.68. The van der Waals surface area contributed by atoms with Gasteiger partial charge in [0.25, 0.3) is 0 Å². The van der Waals surface area contributed by atoms with Gasteiger partial charge in [0.05, 0.1) is 13.2 Å². The second-order valence-electron chi connectivity index (χ2n) is 3.78. The number of anilines is 1. The lowest BCUT2D eigenvalue weighted by Gasteiger charge is -2.10. The van der Waals surface area contributed by atoms with Crippen LogP contribution in [0, 0.1) is 0 Å². The van der Waals surface area contributed by atoms with Gasteiger partial charge in [-0.2, -0.15) is 0 Å². The largest absolute Gasteiger partial charge is 0.382 e. The number of halogens is 1. The molecule has 0 aliphatic carbocycles. The molecule has 0 aliphatic rings. The quantitative estimate of drug-likeness (QED) is 0.711. The van der Waals surface area contributed by atoms with E-state index in [-0.39, 0.29) is 24.9 Å². The van der Waals surface area contributed by atoms with Gasteiger partial charge in [0.15, 0.2) is 0 Å². The van der Waals surface area contributed by atoms with Crippen LogP contribution in [0.1, 0.15) is 5.56 Å². The Morgan fingerprint density at radius 2 is 2.00 bits per heavy atom. The fraction of sp³-hybridized carbons (Fsp3) is 0.462. The standard InChI is InChI=1S/C13H20N2O3.ClH/c1-14-9-11-5-3-4-6-12(11)15-13(16)10-18-8-7-17-2;/h3-6,14H,7-10H2,1-2H3,(H,15,16);1H. The number of amides is 1. The first-order valence-electron chi connectivity index (χ1n) is 5.87. The van der Waals surface area contributed by atoms with Crippen LogP contribution in [0.15, 0.2) is 24.3 Å². The molecule has 2 N–H and O–H groups in total. The van der Waals surface area contributed by atoms with Gasteiger partial charge in [-0.05, 0) is 18.7 Å². The normalized spacial score (nSPS) is 9.79. The molecule has 108 valence electrons. The average Bonchev–Trinajstić information content (AvgIpc) is 2.37. The molecule has 1 amide bonds. The summed E-state index contributed by atoms with van der Waals surface area (Å²) in [6.45, 7) is 1.66. The van der Waals surface area contributed by atoms with Crippen molar-refractivity contribution in [1.29, 1.82) is 0 Å². The van der Waals surface area contributed by atoms with Crippen molar-refractivity contribution in [1.82, 2.24) is 5.32 Å². The van der Waals surface area contributed by atoms with Gasteiger partial charge in [-0.3, -0.25) is 4.79 Å². The molecule has 1 aromatic carbocycles. The molecule has 5 nitrogen and oxygen atoms in total. The number of carbonyl (C=O) groups excluding carboxylic acids is 1. The zero-order valence-electron chi connectivity index (χ0n) is 11.3. The van der Waals surface area contributed by atoms with E-state index in [2.05, 4.69) is 10.6 Å². The minimum atomic E-state index is -0.158. The highest BCUT2D eigenvalue weighted by Crippen LogP contribution is 2.14. The highest BCUT2D eigenvalue weighted by molar-refractivity contribution is 5.92. The third-order valence-corrected chi connectivity index (χ3v) is 2.32. The number of hydrogen-bond donors (Lipinski definition) is 2. The number of benzene rings is 1. The number of hydrogen-bond acceptors (Lipinski definition) is 4. The van der Waals surface area contributed by atoms with Crippen LogP contribution in [0.4, 0.5) is 5.69 Å². The van der Waals surface area contributed by atoms with Crippen LogP contribution in [0.3, 0.4) is 0 Å². The number of carbonyl (C=O) groups is 1. The van der Waals surface area contributed by atoms with Crippen molar-refractivity contribution in [2.24, 2.45) is 0 Å². The highest BCUT2D eigenvalue weighted by atomic mass is 35.5. The van der Waals surface area contributed by atoms with Crippen LogP contribution in [0.25, 0.3) is 0 Å². The smallest absolute Gasteiger partial charge is 0.250 e. The van der Waals surface area contributed by atoms with Crippen molar-refractivity contribution in [3.8, 4) is 0 Å². The van der Waals surface area contributed by atoms with Crippen LogP contribution in [-0.2, 0) is 20.8 Å². The maximum Gasteiger partial charge on any atom is 0.250 e. The van der Waals surface area contributed by atoms with Crippen molar-refractivity contribution in [2.75, 3.05) is 39.3 Å². The first-order chi connectivity index (χ1) is 8.77. The summed E-state index contributed by atoms with van der Waals surface area (Å²) in [5.41, 5.74) is 1.86. The second-order valence-corrected chi connectivity index (χ2v) is 3.78. The minimum Gasteiger partial charge on any atom is -0.382 e. The Balaban J connectivity index is 0.00000324. The summed E-state index contributed by atoms with van der Waals surface area (Å²) in [5, 5.41) is 5.89. The zero-order valence-corrected chi connectivity index (χ0v) is 12.1. The van der Waals surface area contributed by atoms with Crippen LogP contribution >= 0.6 is 12.4 Å². The molecule has 1 rings (SSSR count). The predicted octanol–water partition coefficient (Wildman–Crippen LogP) is 1.43. The molecule has 0 bridgehead atoms. The Morgan fingerprint density at radius 1 is 1.26 bits per heavy atom. The highest BCUT2D eigenvalue weighted by Gasteiger charge is 2.05. The number of ether oxygens (including phenoxy) is 2. The van der Waals surface area contributed by atoms with Gasteiger partial charge < -0.3 is 20.1 Å². The van der Waals surface area contributed by atoms with Gasteiger partial charge in [0, 0.05) is 19.3 Å². The lowest BCUT2D eigenvalue weighted by molar-refractivity contribution is -0.121. The first kappa shape index (κ1) is 17.9. The zero-order chi connectivity index (χ0) is 13.2. The first-order valence-corrected chi connectivity index (χ1v) is 5.87. The molecule has 0 unspecified atom stereocenters. The van der Waals surface area contributed by atoms with Crippen LogP contribution in [0.2, 0.25) is 0 Å². The van der Waals surface area contributed by atoms with Crippen molar-refractivity contribution >= 4 is 24.0 Å². The number of rotatable bonds is 8. The van der Waals surface area contributed by atoms with Gasteiger partial charge in [0.2, 0.25) is 5.91 Å². The molecule has 0 aliphatic heterocycles. The molecule has 0 aromatic heterocycles. The molecule has 0 atom stereocenters. The fourth-order valence-electron chi connectivity index (χ4n) is 1.48. The monoisotopic (exact) mass is 288 g/mol. The van der Waals surface area contributed by atoms with Gasteiger partial charge in [-0.1, -0.05) is 18.2 Å². The second kappa shape index (κ2) is 10.8. The van der Waals surface area contributed by atoms with Gasteiger partial charge in [-0.25, -0.2) is 0 Å². The lowest BCUT2D eigenvalue weighted by Crippen LogP contribution is -2.21. The fourth-order valence-corrected chi connectivity index (χ4v) is 1.48. The van der Waals surface area contributed by atoms with Crippen LogP contribution in [0.5, 0.6) is 0 Å². The maximum absolute atomic E-state index is 11.6. The Labute approximate surface area is 120 Å². The van der Waals surface area contributed by atoms with Gasteiger partial charge in [-0.15, -0.1) is 12.4 Å². The van der Waals surface area contributed by atoms with E-state index in [0.29, 0.717) is 19.8 Å².